The van der Waals surface area contributed by atoms with Crippen molar-refractivity contribution in [2.24, 2.45) is 5.41 Å². The fourth-order valence-electron chi connectivity index (χ4n) is 2.98. The van der Waals surface area contributed by atoms with Gasteiger partial charge in [0.1, 0.15) is 5.60 Å². The molecule has 2 aliphatic rings. The Morgan fingerprint density at radius 2 is 1.95 bits per heavy atom. The van der Waals surface area contributed by atoms with Crippen LogP contribution in [0.3, 0.4) is 0 Å². The highest BCUT2D eigenvalue weighted by Crippen LogP contribution is 2.37. The molecule has 2 rings (SSSR count). The smallest absolute Gasteiger partial charge is 0.410 e. The van der Waals surface area contributed by atoms with Gasteiger partial charge in [-0.1, -0.05) is 20.3 Å². The molecule has 0 radical (unpaired) electrons. The number of nitrogens with one attached hydrogen (secondary N) is 1. The average molecular weight is 268 g/mol. The summed E-state index contributed by atoms with van der Waals surface area (Å²) < 4.78 is 5.36. The number of rotatable bonds is 2. The largest absolute Gasteiger partial charge is 0.444 e. The number of hydrogen-bond donors (Lipinski definition) is 1. The van der Waals surface area contributed by atoms with Crippen LogP contribution in [0.5, 0.6) is 0 Å². The van der Waals surface area contributed by atoms with Gasteiger partial charge < -0.3 is 15.0 Å². The van der Waals surface area contributed by atoms with Crippen molar-refractivity contribution in [3.05, 3.63) is 0 Å². The third-order valence-corrected chi connectivity index (χ3v) is 4.23. The third kappa shape index (κ3) is 3.62. The lowest BCUT2D eigenvalue weighted by Crippen LogP contribution is -2.63. The van der Waals surface area contributed by atoms with Crippen molar-refractivity contribution in [3.8, 4) is 0 Å². The molecule has 1 N–H and O–H groups in total. The second kappa shape index (κ2) is 4.97. The Labute approximate surface area is 116 Å². The Morgan fingerprint density at radius 3 is 2.42 bits per heavy atom. The van der Waals surface area contributed by atoms with Gasteiger partial charge in [-0.25, -0.2) is 4.79 Å². The molecule has 4 nitrogen and oxygen atoms in total. The van der Waals surface area contributed by atoms with E-state index in [4.69, 9.17) is 4.74 Å². The minimum absolute atomic E-state index is 0.184. The van der Waals surface area contributed by atoms with Crippen LogP contribution in [0, 0.1) is 5.41 Å². The van der Waals surface area contributed by atoms with E-state index in [-0.39, 0.29) is 6.09 Å². The summed E-state index contributed by atoms with van der Waals surface area (Å²) in [6.45, 7) is 11.9. The van der Waals surface area contributed by atoms with Gasteiger partial charge in [0, 0.05) is 25.2 Å². The van der Waals surface area contributed by atoms with Crippen LogP contribution in [-0.4, -0.2) is 41.8 Å². The Morgan fingerprint density at radius 1 is 1.32 bits per heavy atom. The molecule has 0 spiro atoms. The highest BCUT2D eigenvalue weighted by atomic mass is 16.6. The summed E-state index contributed by atoms with van der Waals surface area (Å²) in [6, 6.07) is 1.04. The molecule has 4 heteroatoms. The first-order valence-electron chi connectivity index (χ1n) is 7.41. The maximum atomic E-state index is 11.8. The van der Waals surface area contributed by atoms with Crippen molar-refractivity contribution in [1.29, 1.82) is 0 Å². The van der Waals surface area contributed by atoms with Crippen LogP contribution in [0.4, 0.5) is 4.79 Å². The summed E-state index contributed by atoms with van der Waals surface area (Å²) >= 11 is 0. The van der Waals surface area contributed by atoms with Gasteiger partial charge >= 0.3 is 6.09 Å². The van der Waals surface area contributed by atoms with E-state index in [0.717, 1.165) is 13.1 Å². The Kier molecular flexibility index (Phi) is 3.83. The van der Waals surface area contributed by atoms with Crippen molar-refractivity contribution in [2.45, 2.75) is 71.6 Å². The molecular formula is C15H28N2O2. The molecule has 1 amide bonds. The van der Waals surface area contributed by atoms with Crippen LogP contribution in [0.15, 0.2) is 0 Å². The van der Waals surface area contributed by atoms with Gasteiger partial charge in [0.15, 0.2) is 0 Å². The van der Waals surface area contributed by atoms with Crippen molar-refractivity contribution >= 4 is 6.09 Å². The molecular weight excluding hydrogens is 240 g/mol. The van der Waals surface area contributed by atoms with E-state index < -0.39 is 5.60 Å². The standard InChI is InChI=1S/C15H28N2O2/c1-14(2,3)19-13(18)17-9-11(10-17)16-12-7-6-8-15(12,4)5/h11-12,16H,6-10H2,1-5H3. The van der Waals surface area contributed by atoms with E-state index in [0.29, 0.717) is 17.5 Å². The maximum absolute atomic E-state index is 11.8. The van der Waals surface area contributed by atoms with Gasteiger partial charge in [-0.15, -0.1) is 0 Å². The van der Waals surface area contributed by atoms with E-state index in [1.807, 2.05) is 20.8 Å². The summed E-state index contributed by atoms with van der Waals surface area (Å²) in [5, 5.41) is 3.70. The van der Waals surface area contributed by atoms with Gasteiger partial charge in [0.25, 0.3) is 0 Å². The number of ether oxygens (including phenoxy) is 1. The summed E-state index contributed by atoms with van der Waals surface area (Å²) in [6.07, 6.45) is 3.69. The molecule has 1 aliphatic heterocycles. The molecule has 0 aromatic rings. The minimum Gasteiger partial charge on any atom is -0.444 e. The summed E-state index contributed by atoms with van der Waals surface area (Å²) in [7, 11) is 0. The predicted octanol–water partition coefficient (Wildman–Crippen LogP) is 2.77. The van der Waals surface area contributed by atoms with Crippen LogP contribution < -0.4 is 5.32 Å². The molecule has 1 heterocycles. The van der Waals surface area contributed by atoms with Crippen molar-refractivity contribution < 1.29 is 9.53 Å². The minimum atomic E-state index is -0.400. The Hall–Kier alpha value is -0.770. The predicted molar refractivity (Wildman–Crippen MR) is 76.2 cm³/mol. The SMILES string of the molecule is CC(C)(C)OC(=O)N1CC(NC2CCCC2(C)C)C1. The molecule has 0 bridgehead atoms. The highest BCUT2D eigenvalue weighted by molar-refractivity contribution is 5.69. The van der Waals surface area contributed by atoms with Crippen LogP contribution in [0.1, 0.15) is 53.9 Å². The zero-order valence-electron chi connectivity index (χ0n) is 13.0. The molecule has 2 fully saturated rings. The molecule has 1 saturated carbocycles. The van der Waals surface area contributed by atoms with Gasteiger partial charge in [-0.2, -0.15) is 0 Å². The topological polar surface area (TPSA) is 41.6 Å². The molecule has 19 heavy (non-hydrogen) atoms. The van der Waals surface area contributed by atoms with E-state index in [2.05, 4.69) is 19.2 Å². The lowest BCUT2D eigenvalue weighted by atomic mass is 9.86. The monoisotopic (exact) mass is 268 g/mol. The first-order chi connectivity index (χ1) is 8.67. The molecule has 1 atom stereocenters. The Bertz CT molecular complexity index is 341. The zero-order chi connectivity index (χ0) is 14.3. The van der Waals surface area contributed by atoms with Crippen LogP contribution in [0.25, 0.3) is 0 Å². The second-order valence-corrected chi connectivity index (χ2v) is 7.68. The van der Waals surface area contributed by atoms with Crippen LogP contribution in [0.2, 0.25) is 0 Å². The lowest BCUT2D eigenvalue weighted by molar-refractivity contribution is 0.00282. The third-order valence-electron chi connectivity index (χ3n) is 4.23. The first kappa shape index (κ1) is 14.6. The Balaban J connectivity index is 1.73. The van der Waals surface area contributed by atoms with Crippen molar-refractivity contribution in [3.63, 3.8) is 0 Å². The summed E-state index contributed by atoms with van der Waals surface area (Å²) in [5.74, 6) is 0. The maximum Gasteiger partial charge on any atom is 0.410 e. The fraction of sp³-hybridized carbons (Fsp3) is 0.933. The van der Waals surface area contributed by atoms with Gasteiger partial charge in [-0.3, -0.25) is 0 Å². The van der Waals surface area contributed by atoms with Crippen LogP contribution in [-0.2, 0) is 4.74 Å². The fourth-order valence-corrected chi connectivity index (χ4v) is 2.98. The van der Waals surface area contributed by atoms with Crippen molar-refractivity contribution in [2.75, 3.05) is 13.1 Å². The van der Waals surface area contributed by atoms with E-state index in [1.54, 1.807) is 4.90 Å². The normalized spacial score (nSPS) is 27.2. The molecule has 0 aromatic heterocycles. The van der Waals surface area contributed by atoms with Gasteiger partial charge in [0.2, 0.25) is 0 Å². The van der Waals surface area contributed by atoms with E-state index in [1.165, 1.54) is 19.3 Å². The van der Waals surface area contributed by atoms with Gasteiger partial charge in [-0.05, 0) is 39.0 Å². The number of carbonyl (C=O) groups is 1. The highest BCUT2D eigenvalue weighted by Gasteiger charge is 2.40. The number of amides is 1. The summed E-state index contributed by atoms with van der Waals surface area (Å²) in [4.78, 5) is 13.6. The quantitative estimate of drug-likeness (QED) is 0.837. The molecule has 1 aliphatic carbocycles. The van der Waals surface area contributed by atoms with Gasteiger partial charge in [0.05, 0.1) is 0 Å². The molecule has 1 saturated heterocycles. The number of nitrogens with zero attached hydrogens (tertiary/aromatic N) is 1. The van der Waals surface area contributed by atoms with Crippen molar-refractivity contribution in [1.82, 2.24) is 10.2 Å². The average Bonchev–Trinajstić information content (AvgIpc) is 2.47. The molecule has 1 unspecified atom stereocenters. The first-order valence-corrected chi connectivity index (χ1v) is 7.41. The molecule has 110 valence electrons. The zero-order valence-corrected chi connectivity index (χ0v) is 13.0. The molecule has 0 aromatic carbocycles. The second-order valence-electron chi connectivity index (χ2n) is 7.68. The van der Waals surface area contributed by atoms with E-state index in [9.17, 15) is 4.79 Å². The van der Waals surface area contributed by atoms with Crippen LogP contribution >= 0.6 is 0 Å². The van der Waals surface area contributed by atoms with E-state index >= 15 is 0 Å². The number of hydrogen-bond acceptors (Lipinski definition) is 3. The lowest BCUT2D eigenvalue weighted by Gasteiger charge is -2.43. The summed E-state index contributed by atoms with van der Waals surface area (Å²) in [5.41, 5.74) is -0.00458. The number of likely N-dealkylation sites (tertiary alicyclic amines) is 1. The number of carbonyl (C=O) groups excluding carboxylic acids is 1.